The first-order valence-corrected chi connectivity index (χ1v) is 6.56. The van der Waals surface area contributed by atoms with Crippen LogP contribution in [0.3, 0.4) is 0 Å². The van der Waals surface area contributed by atoms with Crippen LogP contribution in [0.2, 0.25) is 0 Å². The van der Waals surface area contributed by atoms with Crippen LogP contribution >= 0.6 is 12.2 Å². The number of benzene rings is 2. The summed E-state index contributed by atoms with van der Waals surface area (Å²) >= 11 is 5.21. The highest BCUT2D eigenvalue weighted by Gasteiger charge is 1.98. The van der Waals surface area contributed by atoms with Gasteiger partial charge in [0.15, 0.2) is 5.11 Å². The summed E-state index contributed by atoms with van der Waals surface area (Å²) in [5, 5.41) is 3.72. The van der Waals surface area contributed by atoms with Crippen LogP contribution in [0.5, 0.6) is 0 Å². The predicted molar refractivity (Wildman–Crippen MR) is 83.8 cm³/mol. The summed E-state index contributed by atoms with van der Waals surface area (Å²) in [6.07, 6.45) is 0. The molecule has 0 atom stereocenters. The maximum absolute atomic E-state index is 5.21. The van der Waals surface area contributed by atoms with Crippen LogP contribution < -0.4 is 16.2 Å². The highest BCUT2D eigenvalue weighted by atomic mass is 32.1. The molecule has 0 saturated heterocycles. The second-order valence-corrected chi connectivity index (χ2v) is 4.64. The van der Waals surface area contributed by atoms with Crippen LogP contribution in [-0.4, -0.2) is 5.11 Å². The largest absolute Gasteiger partial charge is 0.357 e. The third kappa shape index (κ3) is 4.26. The van der Waals surface area contributed by atoms with Crippen LogP contribution in [-0.2, 0) is 6.54 Å². The number of nitrogens with one attached hydrogen (secondary N) is 3. The first-order valence-electron chi connectivity index (χ1n) is 6.15. The summed E-state index contributed by atoms with van der Waals surface area (Å²) < 4.78 is 0. The van der Waals surface area contributed by atoms with Crippen molar-refractivity contribution in [3.8, 4) is 0 Å². The molecule has 0 fully saturated rings. The Labute approximate surface area is 119 Å². The Balaban J connectivity index is 1.78. The summed E-state index contributed by atoms with van der Waals surface area (Å²) in [5.41, 5.74) is 9.46. The lowest BCUT2D eigenvalue weighted by molar-refractivity contribution is 0.886. The number of aryl methyl sites for hydroxylation is 1. The van der Waals surface area contributed by atoms with Gasteiger partial charge in [-0.1, -0.05) is 48.5 Å². The minimum absolute atomic E-state index is 0.576. The van der Waals surface area contributed by atoms with E-state index in [9.17, 15) is 0 Å². The Morgan fingerprint density at radius 1 is 1.00 bits per heavy atom. The number of para-hydroxylation sites is 1. The van der Waals surface area contributed by atoms with E-state index in [2.05, 4.69) is 28.3 Å². The molecule has 19 heavy (non-hydrogen) atoms. The van der Waals surface area contributed by atoms with Crippen molar-refractivity contribution in [1.82, 2.24) is 10.7 Å². The van der Waals surface area contributed by atoms with E-state index in [1.165, 1.54) is 11.1 Å². The van der Waals surface area contributed by atoms with Crippen molar-refractivity contribution in [2.45, 2.75) is 13.5 Å². The van der Waals surface area contributed by atoms with E-state index in [1.807, 2.05) is 49.4 Å². The second-order valence-electron chi connectivity index (χ2n) is 4.23. The number of rotatable bonds is 4. The second kappa shape index (κ2) is 6.75. The van der Waals surface area contributed by atoms with Gasteiger partial charge in [0.25, 0.3) is 0 Å². The maximum Gasteiger partial charge on any atom is 0.185 e. The van der Waals surface area contributed by atoms with Gasteiger partial charge in [-0.3, -0.25) is 10.9 Å². The molecule has 0 radical (unpaired) electrons. The maximum atomic E-state index is 5.21. The number of hydrazine groups is 1. The highest BCUT2D eigenvalue weighted by molar-refractivity contribution is 7.80. The smallest absolute Gasteiger partial charge is 0.185 e. The van der Waals surface area contributed by atoms with Crippen LogP contribution in [0.4, 0.5) is 5.69 Å². The zero-order valence-electron chi connectivity index (χ0n) is 10.8. The molecule has 2 aromatic carbocycles. The van der Waals surface area contributed by atoms with Crippen LogP contribution in [0, 0.1) is 6.92 Å². The summed E-state index contributed by atoms with van der Waals surface area (Å²) in [6, 6.07) is 18.2. The van der Waals surface area contributed by atoms with Crippen molar-refractivity contribution >= 4 is 23.0 Å². The molecule has 98 valence electrons. The fraction of sp³-hybridized carbons (Fsp3) is 0.133. The number of thiocarbonyl (C=S) groups is 1. The molecule has 0 amide bonds. The lowest BCUT2D eigenvalue weighted by atomic mass is 10.2. The zero-order valence-corrected chi connectivity index (χ0v) is 11.6. The fourth-order valence-corrected chi connectivity index (χ4v) is 1.78. The van der Waals surface area contributed by atoms with Gasteiger partial charge in [-0.15, -0.1) is 0 Å². The molecule has 0 aliphatic heterocycles. The molecule has 0 saturated carbocycles. The molecule has 0 aromatic heterocycles. The van der Waals surface area contributed by atoms with E-state index in [0.29, 0.717) is 11.7 Å². The van der Waals surface area contributed by atoms with Gasteiger partial charge in [0.05, 0.1) is 5.69 Å². The van der Waals surface area contributed by atoms with Gasteiger partial charge in [-0.25, -0.2) is 0 Å². The van der Waals surface area contributed by atoms with Gasteiger partial charge < -0.3 is 5.32 Å². The van der Waals surface area contributed by atoms with Gasteiger partial charge >= 0.3 is 0 Å². The average molecular weight is 271 g/mol. The van der Waals surface area contributed by atoms with Crippen molar-refractivity contribution in [2.75, 3.05) is 5.43 Å². The SMILES string of the molecule is Cc1ccccc1NNC(=S)NCc1ccccc1. The number of hydrogen-bond donors (Lipinski definition) is 3. The van der Waals surface area contributed by atoms with Gasteiger partial charge in [-0.2, -0.15) is 0 Å². The Bertz CT molecular complexity index is 540. The molecule has 3 N–H and O–H groups in total. The monoisotopic (exact) mass is 271 g/mol. The minimum Gasteiger partial charge on any atom is -0.357 e. The zero-order chi connectivity index (χ0) is 13.5. The third-order valence-corrected chi connectivity index (χ3v) is 3.00. The molecule has 0 aliphatic carbocycles. The predicted octanol–water partition coefficient (Wildman–Crippen LogP) is 2.99. The van der Waals surface area contributed by atoms with Crippen molar-refractivity contribution in [2.24, 2.45) is 0 Å². The van der Waals surface area contributed by atoms with E-state index >= 15 is 0 Å². The Kier molecular flexibility index (Phi) is 4.75. The fourth-order valence-electron chi connectivity index (χ4n) is 1.66. The molecule has 0 unspecified atom stereocenters. The molecule has 3 nitrogen and oxygen atoms in total. The number of anilines is 1. The van der Waals surface area contributed by atoms with E-state index < -0.39 is 0 Å². The van der Waals surface area contributed by atoms with Gasteiger partial charge in [0.2, 0.25) is 0 Å². The summed E-state index contributed by atoms with van der Waals surface area (Å²) in [4.78, 5) is 0. The molecule has 2 aromatic rings. The molecular weight excluding hydrogens is 254 g/mol. The highest BCUT2D eigenvalue weighted by Crippen LogP contribution is 2.11. The normalized spacial score (nSPS) is 9.74. The molecular formula is C15H17N3S. The van der Waals surface area contributed by atoms with Crippen LogP contribution in [0.1, 0.15) is 11.1 Å². The molecule has 0 aliphatic rings. The van der Waals surface area contributed by atoms with E-state index in [-0.39, 0.29) is 0 Å². The van der Waals surface area contributed by atoms with E-state index in [4.69, 9.17) is 12.2 Å². The quantitative estimate of drug-likeness (QED) is 0.590. The Morgan fingerprint density at radius 2 is 1.68 bits per heavy atom. The Morgan fingerprint density at radius 3 is 2.42 bits per heavy atom. The summed E-state index contributed by atoms with van der Waals surface area (Å²) in [6.45, 7) is 2.76. The minimum atomic E-state index is 0.576. The van der Waals surface area contributed by atoms with Crippen LogP contribution in [0.15, 0.2) is 54.6 Å². The standard InChI is InChI=1S/C15H17N3S/c1-12-7-5-6-10-14(12)17-18-15(19)16-11-13-8-3-2-4-9-13/h2-10,17H,11H2,1H3,(H2,16,18,19). The third-order valence-electron chi connectivity index (χ3n) is 2.75. The van der Waals surface area contributed by atoms with Crippen molar-refractivity contribution in [1.29, 1.82) is 0 Å². The first-order chi connectivity index (χ1) is 9.25. The van der Waals surface area contributed by atoms with Crippen molar-refractivity contribution in [3.63, 3.8) is 0 Å². The van der Waals surface area contributed by atoms with Crippen LogP contribution in [0.25, 0.3) is 0 Å². The Hall–Kier alpha value is -2.07. The molecule has 0 heterocycles. The lowest BCUT2D eigenvalue weighted by Crippen LogP contribution is -2.38. The first kappa shape index (κ1) is 13.4. The molecule has 2 rings (SSSR count). The van der Waals surface area contributed by atoms with Gasteiger partial charge in [0, 0.05) is 6.54 Å². The summed E-state index contributed by atoms with van der Waals surface area (Å²) in [5.74, 6) is 0. The topological polar surface area (TPSA) is 36.1 Å². The van der Waals surface area contributed by atoms with Crippen molar-refractivity contribution < 1.29 is 0 Å². The van der Waals surface area contributed by atoms with Gasteiger partial charge in [0.1, 0.15) is 0 Å². The van der Waals surface area contributed by atoms with E-state index in [1.54, 1.807) is 0 Å². The summed E-state index contributed by atoms with van der Waals surface area (Å²) in [7, 11) is 0. The van der Waals surface area contributed by atoms with E-state index in [0.717, 1.165) is 5.69 Å². The number of hydrogen-bond acceptors (Lipinski definition) is 2. The van der Waals surface area contributed by atoms with Crippen molar-refractivity contribution in [3.05, 3.63) is 65.7 Å². The molecule has 0 bridgehead atoms. The molecule has 4 heteroatoms. The molecule has 0 spiro atoms. The lowest BCUT2D eigenvalue weighted by Gasteiger charge is -2.14. The average Bonchev–Trinajstić information content (AvgIpc) is 2.45. The van der Waals surface area contributed by atoms with Gasteiger partial charge in [-0.05, 0) is 36.3 Å².